The van der Waals surface area contributed by atoms with Crippen LogP contribution in [0.25, 0.3) is 10.4 Å². The van der Waals surface area contributed by atoms with E-state index in [9.17, 15) is 4.79 Å². The molecule has 1 aliphatic heterocycles. The van der Waals surface area contributed by atoms with E-state index < -0.39 is 0 Å². The Kier molecular flexibility index (Phi) is 4.70. The molecule has 5 nitrogen and oxygen atoms in total. The fraction of sp³-hybridized carbons (Fsp3) is 0.929. The van der Waals surface area contributed by atoms with E-state index in [0.29, 0.717) is 12.3 Å². The predicted octanol–water partition coefficient (Wildman–Crippen LogP) is 3.83. The van der Waals surface area contributed by atoms with Gasteiger partial charge < -0.3 is 4.74 Å². The first-order valence-electron chi connectivity index (χ1n) is 7.36. The van der Waals surface area contributed by atoms with Crippen LogP contribution < -0.4 is 0 Å². The Hall–Kier alpha value is -1.22. The van der Waals surface area contributed by atoms with Crippen molar-refractivity contribution in [3.05, 3.63) is 10.4 Å². The molecule has 0 aromatic rings. The van der Waals surface area contributed by atoms with Crippen LogP contribution in [0.1, 0.15) is 52.4 Å². The maximum absolute atomic E-state index is 11.8. The molecule has 0 unspecified atom stereocenters. The van der Waals surface area contributed by atoms with Crippen LogP contribution in [0.4, 0.5) is 0 Å². The summed E-state index contributed by atoms with van der Waals surface area (Å²) >= 11 is 0. The van der Waals surface area contributed by atoms with E-state index in [1.54, 1.807) is 0 Å². The molecule has 0 amide bonds. The van der Waals surface area contributed by atoms with Crippen molar-refractivity contribution < 1.29 is 9.53 Å². The number of azide groups is 1. The van der Waals surface area contributed by atoms with Crippen LogP contribution in [0.3, 0.4) is 0 Å². The molecule has 0 aromatic carbocycles. The SMILES string of the molecule is CC(C)[C@@H]1C[C@@H]([C@H](CC2CCCC2)N=[N+]=[N-])OC1=O. The number of carbonyl (C=O) groups excluding carboxylic acids is 1. The first-order valence-corrected chi connectivity index (χ1v) is 7.36. The zero-order valence-electron chi connectivity index (χ0n) is 11.8. The lowest BCUT2D eigenvalue weighted by atomic mass is 9.88. The van der Waals surface area contributed by atoms with E-state index in [1.165, 1.54) is 25.7 Å². The lowest BCUT2D eigenvalue weighted by molar-refractivity contribution is -0.145. The van der Waals surface area contributed by atoms with E-state index in [2.05, 4.69) is 10.0 Å². The Morgan fingerprint density at radius 3 is 2.63 bits per heavy atom. The van der Waals surface area contributed by atoms with Crippen molar-refractivity contribution in [3.8, 4) is 0 Å². The minimum absolute atomic E-state index is 0.0371. The average molecular weight is 265 g/mol. The van der Waals surface area contributed by atoms with Crippen LogP contribution in [-0.4, -0.2) is 18.1 Å². The highest BCUT2D eigenvalue weighted by Gasteiger charge is 2.40. The number of cyclic esters (lactones) is 1. The minimum atomic E-state index is -0.212. The van der Waals surface area contributed by atoms with Crippen molar-refractivity contribution in [2.24, 2.45) is 22.9 Å². The molecule has 3 atom stereocenters. The fourth-order valence-electron chi connectivity index (χ4n) is 3.34. The Morgan fingerprint density at radius 2 is 2.11 bits per heavy atom. The number of carbonyl (C=O) groups is 1. The summed E-state index contributed by atoms with van der Waals surface area (Å²) in [5.41, 5.74) is 8.73. The Bertz CT molecular complexity index is 371. The van der Waals surface area contributed by atoms with Gasteiger partial charge in [-0.25, -0.2) is 0 Å². The average Bonchev–Trinajstić information content (AvgIpc) is 2.97. The third kappa shape index (κ3) is 3.41. The number of hydrogen-bond acceptors (Lipinski definition) is 3. The molecule has 0 radical (unpaired) electrons. The lowest BCUT2D eigenvalue weighted by Crippen LogP contribution is -2.26. The highest BCUT2D eigenvalue weighted by Crippen LogP contribution is 2.35. The highest BCUT2D eigenvalue weighted by atomic mass is 16.6. The zero-order valence-corrected chi connectivity index (χ0v) is 11.8. The number of ether oxygens (including phenoxy) is 1. The van der Waals surface area contributed by atoms with Crippen molar-refractivity contribution in [2.75, 3.05) is 0 Å². The summed E-state index contributed by atoms with van der Waals surface area (Å²) in [5.74, 6) is 0.762. The standard InChI is InChI=1S/C14H23N3O2/c1-9(2)11-8-13(19-14(11)18)12(16-17-15)7-10-5-3-4-6-10/h9-13H,3-8H2,1-2H3/t11-,12-,13-/m0/s1. The normalized spacial score (nSPS) is 29.3. The van der Waals surface area contributed by atoms with Crippen LogP contribution in [-0.2, 0) is 9.53 Å². The zero-order chi connectivity index (χ0) is 13.8. The smallest absolute Gasteiger partial charge is 0.309 e. The molecule has 19 heavy (non-hydrogen) atoms. The molecule has 0 spiro atoms. The first kappa shape index (κ1) is 14.2. The van der Waals surface area contributed by atoms with Crippen LogP contribution in [0.2, 0.25) is 0 Å². The number of nitrogens with zero attached hydrogens (tertiary/aromatic N) is 3. The van der Waals surface area contributed by atoms with E-state index in [-0.39, 0.29) is 30.0 Å². The monoisotopic (exact) mass is 265 g/mol. The maximum Gasteiger partial charge on any atom is 0.309 e. The Labute approximate surface area is 114 Å². The van der Waals surface area contributed by atoms with E-state index in [0.717, 1.165) is 6.42 Å². The lowest BCUT2D eigenvalue weighted by Gasteiger charge is -2.21. The molecule has 106 valence electrons. The molecule has 0 bridgehead atoms. The summed E-state index contributed by atoms with van der Waals surface area (Å²) in [5, 5.41) is 3.90. The minimum Gasteiger partial charge on any atom is -0.462 e. The predicted molar refractivity (Wildman–Crippen MR) is 72.3 cm³/mol. The molecule has 0 aromatic heterocycles. The summed E-state index contributed by atoms with van der Waals surface area (Å²) in [4.78, 5) is 14.8. The first-order chi connectivity index (χ1) is 9.11. The van der Waals surface area contributed by atoms with Crippen LogP contribution in [0, 0.1) is 17.8 Å². The largest absolute Gasteiger partial charge is 0.462 e. The van der Waals surface area contributed by atoms with Crippen molar-refractivity contribution in [1.29, 1.82) is 0 Å². The van der Waals surface area contributed by atoms with Gasteiger partial charge in [0, 0.05) is 4.91 Å². The van der Waals surface area contributed by atoms with Crippen molar-refractivity contribution in [3.63, 3.8) is 0 Å². The van der Waals surface area contributed by atoms with Gasteiger partial charge >= 0.3 is 5.97 Å². The second-order valence-corrected chi connectivity index (χ2v) is 6.22. The number of rotatable bonds is 5. The summed E-state index contributed by atoms with van der Waals surface area (Å²) in [6.07, 6.45) is 6.33. The number of esters is 1. The third-order valence-corrected chi connectivity index (χ3v) is 4.54. The Morgan fingerprint density at radius 1 is 1.42 bits per heavy atom. The molecule has 2 rings (SSSR count). The quantitative estimate of drug-likeness (QED) is 0.328. The van der Waals surface area contributed by atoms with Gasteiger partial charge in [-0.2, -0.15) is 0 Å². The van der Waals surface area contributed by atoms with Gasteiger partial charge in [0.1, 0.15) is 6.10 Å². The van der Waals surface area contributed by atoms with Crippen LogP contribution in [0.5, 0.6) is 0 Å². The summed E-state index contributed by atoms with van der Waals surface area (Å²) in [6, 6.07) is -0.180. The molecule has 2 aliphatic rings. The fourth-order valence-corrected chi connectivity index (χ4v) is 3.34. The molecule has 5 heteroatoms. The summed E-state index contributed by atoms with van der Waals surface area (Å²) in [7, 11) is 0. The van der Waals surface area contributed by atoms with Crippen LogP contribution in [0.15, 0.2) is 5.11 Å². The molecule has 2 fully saturated rings. The van der Waals surface area contributed by atoms with Gasteiger partial charge in [0.05, 0.1) is 12.0 Å². The summed E-state index contributed by atoms with van der Waals surface area (Å²) in [6.45, 7) is 4.07. The highest BCUT2D eigenvalue weighted by molar-refractivity contribution is 5.75. The second kappa shape index (κ2) is 6.29. The van der Waals surface area contributed by atoms with Gasteiger partial charge in [0.25, 0.3) is 0 Å². The van der Waals surface area contributed by atoms with E-state index in [4.69, 9.17) is 10.3 Å². The maximum atomic E-state index is 11.8. The molecule has 1 heterocycles. The summed E-state index contributed by atoms with van der Waals surface area (Å²) < 4.78 is 5.46. The van der Waals surface area contributed by atoms with Gasteiger partial charge in [-0.05, 0) is 30.2 Å². The van der Waals surface area contributed by atoms with Crippen molar-refractivity contribution in [2.45, 2.75) is 64.5 Å². The van der Waals surface area contributed by atoms with Gasteiger partial charge in [-0.3, -0.25) is 4.79 Å². The van der Waals surface area contributed by atoms with Gasteiger partial charge in [-0.15, -0.1) is 0 Å². The molecule has 1 saturated heterocycles. The van der Waals surface area contributed by atoms with E-state index in [1.807, 2.05) is 13.8 Å². The van der Waals surface area contributed by atoms with Crippen molar-refractivity contribution >= 4 is 5.97 Å². The van der Waals surface area contributed by atoms with Crippen molar-refractivity contribution in [1.82, 2.24) is 0 Å². The molecule has 1 aliphatic carbocycles. The molecular weight excluding hydrogens is 242 g/mol. The second-order valence-electron chi connectivity index (χ2n) is 6.22. The molecule has 0 N–H and O–H groups in total. The molecule has 1 saturated carbocycles. The van der Waals surface area contributed by atoms with Crippen LogP contribution >= 0.6 is 0 Å². The van der Waals surface area contributed by atoms with Gasteiger partial charge in [0.2, 0.25) is 0 Å². The Balaban J connectivity index is 1.99. The topological polar surface area (TPSA) is 75.1 Å². The number of hydrogen-bond donors (Lipinski definition) is 0. The van der Waals surface area contributed by atoms with E-state index >= 15 is 0 Å². The molecular formula is C14H23N3O2. The van der Waals surface area contributed by atoms with Gasteiger partial charge in [-0.1, -0.05) is 44.6 Å². The van der Waals surface area contributed by atoms with Gasteiger partial charge in [0.15, 0.2) is 0 Å². The third-order valence-electron chi connectivity index (χ3n) is 4.54.